The molecule has 7 heteroatoms. The molecule has 2 unspecified atom stereocenters. The fourth-order valence-corrected chi connectivity index (χ4v) is 3.07. The third kappa shape index (κ3) is 3.36. The number of amides is 1. The Bertz CT molecular complexity index is 492. The number of nitrogens with zero attached hydrogens (tertiary/aromatic N) is 4. The molecule has 2 fully saturated rings. The first-order valence-electron chi connectivity index (χ1n) is 7.87. The number of rotatable bonds is 3. The van der Waals surface area contributed by atoms with Crippen LogP contribution in [0.1, 0.15) is 12.8 Å². The molecule has 2 atom stereocenters. The first-order chi connectivity index (χ1) is 10.8. The van der Waals surface area contributed by atoms with E-state index in [1.807, 2.05) is 24.1 Å². The minimum absolute atomic E-state index is 0.0678. The summed E-state index contributed by atoms with van der Waals surface area (Å²) in [6, 6.07) is 4.04. The first kappa shape index (κ1) is 15.2. The van der Waals surface area contributed by atoms with Crippen molar-refractivity contribution in [2.24, 2.45) is 0 Å². The second-order valence-electron chi connectivity index (χ2n) is 5.84. The molecule has 0 aromatic carbocycles. The molecule has 1 N–H and O–H groups in total. The number of anilines is 1. The monoisotopic (exact) mass is 305 g/mol. The van der Waals surface area contributed by atoms with E-state index in [-0.39, 0.29) is 18.1 Å². The van der Waals surface area contributed by atoms with Gasteiger partial charge in [0.1, 0.15) is 6.10 Å². The summed E-state index contributed by atoms with van der Waals surface area (Å²) in [5.41, 5.74) is 0. The molecular formula is C15H23N5O2. The second kappa shape index (κ2) is 7.02. The highest BCUT2D eigenvalue weighted by atomic mass is 16.5. The lowest BCUT2D eigenvalue weighted by atomic mass is 10.0. The summed E-state index contributed by atoms with van der Waals surface area (Å²) in [6.45, 7) is 3.77. The Balaban J connectivity index is 1.62. The van der Waals surface area contributed by atoms with Gasteiger partial charge in [-0.2, -0.15) is 5.10 Å². The second-order valence-corrected chi connectivity index (χ2v) is 5.84. The minimum atomic E-state index is -0.356. The van der Waals surface area contributed by atoms with E-state index in [1.54, 1.807) is 6.20 Å². The lowest BCUT2D eigenvalue weighted by Crippen LogP contribution is -2.54. The van der Waals surface area contributed by atoms with E-state index in [4.69, 9.17) is 4.74 Å². The molecule has 2 aliphatic heterocycles. The van der Waals surface area contributed by atoms with Crippen molar-refractivity contribution in [3.63, 3.8) is 0 Å². The lowest BCUT2D eigenvalue weighted by Gasteiger charge is -2.39. The Hall–Kier alpha value is -1.73. The first-order valence-corrected chi connectivity index (χ1v) is 7.87. The van der Waals surface area contributed by atoms with Crippen LogP contribution in [0.4, 0.5) is 5.82 Å². The standard InChI is InChI=1S/C15H23N5O2/c1-19(15(21)13-10-16-7-9-22-13)12-4-3-8-20(11-12)14-5-2-6-17-18-14/h2,5-6,12-13,16H,3-4,7-11H2,1H3. The molecule has 2 aliphatic rings. The van der Waals surface area contributed by atoms with Crippen molar-refractivity contribution in [2.75, 3.05) is 44.7 Å². The van der Waals surface area contributed by atoms with Crippen LogP contribution >= 0.6 is 0 Å². The van der Waals surface area contributed by atoms with Gasteiger partial charge in [0.05, 0.1) is 6.61 Å². The predicted molar refractivity (Wildman–Crippen MR) is 82.6 cm³/mol. The fourth-order valence-electron chi connectivity index (χ4n) is 3.07. The molecule has 2 saturated heterocycles. The van der Waals surface area contributed by atoms with E-state index in [0.717, 1.165) is 38.3 Å². The van der Waals surface area contributed by atoms with Gasteiger partial charge in [-0.25, -0.2) is 0 Å². The largest absolute Gasteiger partial charge is 0.366 e. The van der Waals surface area contributed by atoms with E-state index in [0.29, 0.717) is 13.2 Å². The Morgan fingerprint density at radius 1 is 1.55 bits per heavy atom. The van der Waals surface area contributed by atoms with E-state index in [9.17, 15) is 4.79 Å². The molecule has 0 bridgehead atoms. The van der Waals surface area contributed by atoms with Gasteiger partial charge in [-0.15, -0.1) is 5.10 Å². The van der Waals surface area contributed by atoms with Gasteiger partial charge < -0.3 is 19.9 Å². The predicted octanol–water partition coefficient (Wildman–Crippen LogP) is -0.108. The number of hydrogen-bond donors (Lipinski definition) is 1. The molecule has 1 aromatic heterocycles. The zero-order valence-electron chi connectivity index (χ0n) is 12.9. The highest BCUT2D eigenvalue weighted by molar-refractivity contribution is 5.81. The third-order valence-electron chi connectivity index (χ3n) is 4.38. The fraction of sp³-hybridized carbons (Fsp3) is 0.667. The number of carbonyl (C=O) groups is 1. The molecule has 1 aromatic rings. The number of carbonyl (C=O) groups excluding carboxylic acids is 1. The quantitative estimate of drug-likeness (QED) is 0.840. The highest BCUT2D eigenvalue weighted by Gasteiger charge is 2.31. The molecule has 22 heavy (non-hydrogen) atoms. The zero-order valence-corrected chi connectivity index (χ0v) is 12.9. The van der Waals surface area contributed by atoms with Crippen molar-refractivity contribution in [1.29, 1.82) is 0 Å². The number of hydrogen-bond acceptors (Lipinski definition) is 6. The maximum Gasteiger partial charge on any atom is 0.253 e. The van der Waals surface area contributed by atoms with E-state index >= 15 is 0 Å². The third-order valence-corrected chi connectivity index (χ3v) is 4.38. The van der Waals surface area contributed by atoms with Crippen LogP contribution in [0, 0.1) is 0 Å². The summed E-state index contributed by atoms with van der Waals surface area (Å²) >= 11 is 0. The Labute approximate surface area is 130 Å². The Morgan fingerprint density at radius 2 is 2.45 bits per heavy atom. The average Bonchev–Trinajstić information content (AvgIpc) is 2.62. The van der Waals surface area contributed by atoms with Gasteiger partial charge in [0.15, 0.2) is 5.82 Å². The number of morpholine rings is 1. The van der Waals surface area contributed by atoms with Crippen LogP contribution in [-0.2, 0) is 9.53 Å². The topological polar surface area (TPSA) is 70.6 Å². The van der Waals surface area contributed by atoms with Gasteiger partial charge in [-0.05, 0) is 25.0 Å². The minimum Gasteiger partial charge on any atom is -0.366 e. The maximum absolute atomic E-state index is 12.6. The van der Waals surface area contributed by atoms with Gasteiger partial charge in [-0.3, -0.25) is 4.79 Å². The molecular weight excluding hydrogens is 282 g/mol. The van der Waals surface area contributed by atoms with Gasteiger partial charge in [0.25, 0.3) is 5.91 Å². The molecule has 0 saturated carbocycles. The van der Waals surface area contributed by atoms with Crippen molar-refractivity contribution in [2.45, 2.75) is 25.0 Å². The van der Waals surface area contributed by atoms with Crippen molar-refractivity contribution < 1.29 is 9.53 Å². The van der Waals surface area contributed by atoms with Crippen molar-refractivity contribution in [3.8, 4) is 0 Å². The smallest absolute Gasteiger partial charge is 0.253 e. The summed E-state index contributed by atoms with van der Waals surface area (Å²) < 4.78 is 5.57. The lowest BCUT2D eigenvalue weighted by molar-refractivity contribution is -0.146. The molecule has 3 rings (SSSR count). The molecule has 7 nitrogen and oxygen atoms in total. The molecule has 1 amide bonds. The normalized spacial score (nSPS) is 25.8. The summed E-state index contributed by atoms with van der Waals surface area (Å²) in [5.74, 6) is 0.946. The van der Waals surface area contributed by atoms with E-state index in [2.05, 4.69) is 20.4 Å². The molecule has 120 valence electrons. The SMILES string of the molecule is CN(C(=O)C1CNCCO1)C1CCCN(c2cccnn2)C1. The van der Waals surface area contributed by atoms with Gasteiger partial charge >= 0.3 is 0 Å². The Kier molecular flexibility index (Phi) is 4.84. The summed E-state index contributed by atoms with van der Waals surface area (Å²) in [5, 5.41) is 11.3. The van der Waals surface area contributed by atoms with Crippen LogP contribution in [-0.4, -0.2) is 73.0 Å². The molecule has 0 radical (unpaired) electrons. The number of likely N-dealkylation sites (N-methyl/N-ethyl adjacent to an activating group) is 1. The van der Waals surface area contributed by atoms with Crippen LogP contribution in [0.15, 0.2) is 18.3 Å². The summed E-state index contributed by atoms with van der Waals surface area (Å²) in [6.07, 6.45) is 3.38. The van der Waals surface area contributed by atoms with Crippen LogP contribution < -0.4 is 10.2 Å². The van der Waals surface area contributed by atoms with Gasteiger partial charge in [0.2, 0.25) is 0 Å². The average molecular weight is 305 g/mol. The van der Waals surface area contributed by atoms with E-state index in [1.165, 1.54) is 0 Å². The number of nitrogens with one attached hydrogen (secondary N) is 1. The number of ether oxygens (including phenoxy) is 1. The Morgan fingerprint density at radius 3 is 3.18 bits per heavy atom. The molecule has 3 heterocycles. The number of piperidine rings is 1. The van der Waals surface area contributed by atoms with E-state index < -0.39 is 0 Å². The highest BCUT2D eigenvalue weighted by Crippen LogP contribution is 2.20. The molecule has 0 spiro atoms. The van der Waals surface area contributed by atoms with Crippen molar-refractivity contribution in [3.05, 3.63) is 18.3 Å². The summed E-state index contributed by atoms with van der Waals surface area (Å²) in [4.78, 5) is 16.6. The number of aromatic nitrogens is 2. The van der Waals surface area contributed by atoms with Crippen LogP contribution in [0.2, 0.25) is 0 Å². The molecule has 0 aliphatic carbocycles. The van der Waals surface area contributed by atoms with Gasteiger partial charge in [0, 0.05) is 45.5 Å². The van der Waals surface area contributed by atoms with Crippen LogP contribution in [0.3, 0.4) is 0 Å². The van der Waals surface area contributed by atoms with Crippen LogP contribution in [0.5, 0.6) is 0 Å². The summed E-state index contributed by atoms with van der Waals surface area (Å²) in [7, 11) is 1.88. The maximum atomic E-state index is 12.6. The van der Waals surface area contributed by atoms with Crippen molar-refractivity contribution in [1.82, 2.24) is 20.4 Å². The zero-order chi connectivity index (χ0) is 15.4. The van der Waals surface area contributed by atoms with Crippen molar-refractivity contribution >= 4 is 11.7 Å². The van der Waals surface area contributed by atoms with Crippen LogP contribution in [0.25, 0.3) is 0 Å². The van der Waals surface area contributed by atoms with Gasteiger partial charge in [-0.1, -0.05) is 0 Å².